The van der Waals surface area contributed by atoms with Crippen molar-refractivity contribution in [3.05, 3.63) is 10.6 Å². The van der Waals surface area contributed by atoms with Gasteiger partial charge in [0, 0.05) is 37.2 Å². The summed E-state index contributed by atoms with van der Waals surface area (Å²) >= 11 is 1.79. The van der Waals surface area contributed by atoms with Crippen LogP contribution in [0.1, 0.15) is 44.2 Å². The van der Waals surface area contributed by atoms with Crippen LogP contribution in [0.3, 0.4) is 0 Å². The highest BCUT2D eigenvalue weighted by Crippen LogP contribution is 2.34. The van der Waals surface area contributed by atoms with Crippen molar-refractivity contribution in [1.29, 1.82) is 0 Å². The summed E-state index contributed by atoms with van der Waals surface area (Å²) in [6.45, 7) is 8.00. The molecule has 0 radical (unpaired) electrons. The van der Waals surface area contributed by atoms with E-state index in [9.17, 15) is 0 Å². The van der Waals surface area contributed by atoms with Gasteiger partial charge in [-0.3, -0.25) is 0 Å². The molecular formula is C14H25N3OS. The zero-order valence-electron chi connectivity index (χ0n) is 12.6. The lowest BCUT2D eigenvalue weighted by molar-refractivity contribution is 0.181. The Bertz CT molecular complexity index is 421. The average molecular weight is 283 g/mol. The lowest BCUT2D eigenvalue weighted by Gasteiger charge is -2.20. The fraction of sp³-hybridized carbons (Fsp3) is 0.786. The number of anilines is 1. The molecule has 108 valence electrons. The molecule has 1 aliphatic carbocycles. The van der Waals surface area contributed by atoms with Crippen molar-refractivity contribution < 1.29 is 4.74 Å². The predicted octanol–water partition coefficient (Wildman–Crippen LogP) is 2.78. The molecule has 4 nitrogen and oxygen atoms in total. The fourth-order valence-electron chi connectivity index (χ4n) is 1.87. The Morgan fingerprint density at radius 2 is 2.11 bits per heavy atom. The van der Waals surface area contributed by atoms with Crippen molar-refractivity contribution in [2.75, 3.05) is 19.1 Å². The summed E-state index contributed by atoms with van der Waals surface area (Å²) in [6.07, 6.45) is 2.59. The van der Waals surface area contributed by atoms with Gasteiger partial charge < -0.3 is 15.0 Å². The third-order valence-electron chi connectivity index (χ3n) is 3.22. The lowest BCUT2D eigenvalue weighted by atomic mass is 10.1. The zero-order valence-corrected chi connectivity index (χ0v) is 13.4. The number of hydrogen-bond donors (Lipinski definition) is 1. The normalized spacial score (nSPS) is 15.8. The monoisotopic (exact) mass is 283 g/mol. The van der Waals surface area contributed by atoms with E-state index in [1.54, 1.807) is 18.4 Å². The minimum absolute atomic E-state index is 0.122. The quantitative estimate of drug-likeness (QED) is 0.871. The van der Waals surface area contributed by atoms with Crippen LogP contribution in [0, 0.1) is 0 Å². The molecule has 19 heavy (non-hydrogen) atoms. The summed E-state index contributed by atoms with van der Waals surface area (Å²) in [4.78, 5) is 8.34. The van der Waals surface area contributed by atoms with Crippen molar-refractivity contribution in [2.45, 2.75) is 58.3 Å². The van der Waals surface area contributed by atoms with Gasteiger partial charge in [-0.25, -0.2) is 4.98 Å². The van der Waals surface area contributed by atoms with Crippen LogP contribution in [0.5, 0.6) is 0 Å². The van der Waals surface area contributed by atoms with Gasteiger partial charge in [0.05, 0.1) is 12.3 Å². The Balaban J connectivity index is 2.10. The van der Waals surface area contributed by atoms with Crippen LogP contribution in [0.15, 0.2) is 0 Å². The molecule has 0 spiro atoms. The van der Waals surface area contributed by atoms with Gasteiger partial charge in [-0.1, -0.05) is 0 Å². The number of nitrogens with one attached hydrogen (secondary N) is 1. The molecular weight excluding hydrogens is 258 g/mol. The molecule has 1 aromatic rings. The second-order valence-corrected chi connectivity index (χ2v) is 7.31. The van der Waals surface area contributed by atoms with Crippen LogP contribution in [-0.2, 0) is 17.9 Å². The first-order valence-electron chi connectivity index (χ1n) is 6.86. The molecule has 0 atom stereocenters. The van der Waals surface area contributed by atoms with Crippen LogP contribution in [0.2, 0.25) is 0 Å². The first kappa shape index (κ1) is 14.8. The third-order valence-corrected chi connectivity index (χ3v) is 4.41. The molecule has 1 fully saturated rings. The van der Waals surface area contributed by atoms with E-state index in [-0.39, 0.29) is 5.54 Å². The Labute approximate surface area is 120 Å². The SMILES string of the molecule is COCc1nc(N(C)C2CC2)sc1CNC(C)(C)C. The van der Waals surface area contributed by atoms with E-state index in [1.165, 1.54) is 17.7 Å². The van der Waals surface area contributed by atoms with Gasteiger partial charge in [-0.15, -0.1) is 11.3 Å². The minimum atomic E-state index is 0.122. The third kappa shape index (κ3) is 4.16. The molecule has 1 aliphatic rings. The predicted molar refractivity (Wildman–Crippen MR) is 80.8 cm³/mol. The standard InChI is InChI=1S/C14H25N3OS/c1-14(2,3)15-8-12-11(9-18-5)16-13(19-12)17(4)10-6-7-10/h10,15H,6-9H2,1-5H3. The number of aromatic nitrogens is 1. The summed E-state index contributed by atoms with van der Waals surface area (Å²) in [6, 6.07) is 0.699. The van der Waals surface area contributed by atoms with Gasteiger partial charge in [-0.05, 0) is 33.6 Å². The summed E-state index contributed by atoms with van der Waals surface area (Å²) in [5, 5.41) is 4.66. The van der Waals surface area contributed by atoms with E-state index in [2.05, 4.69) is 38.0 Å². The molecule has 0 saturated heterocycles. The number of hydrogen-bond acceptors (Lipinski definition) is 5. The molecule has 0 aliphatic heterocycles. The Morgan fingerprint density at radius 1 is 1.42 bits per heavy atom. The van der Waals surface area contributed by atoms with Crippen molar-refractivity contribution in [3.63, 3.8) is 0 Å². The number of thiazole rings is 1. The summed E-state index contributed by atoms with van der Waals surface area (Å²) in [5.74, 6) is 0. The van der Waals surface area contributed by atoms with Crippen LogP contribution in [0.4, 0.5) is 5.13 Å². The van der Waals surface area contributed by atoms with Crippen LogP contribution in [0.25, 0.3) is 0 Å². The van der Waals surface area contributed by atoms with Gasteiger partial charge in [0.15, 0.2) is 5.13 Å². The maximum absolute atomic E-state index is 5.27. The van der Waals surface area contributed by atoms with E-state index in [4.69, 9.17) is 9.72 Å². The first-order valence-corrected chi connectivity index (χ1v) is 7.68. The van der Waals surface area contributed by atoms with E-state index < -0.39 is 0 Å². The van der Waals surface area contributed by atoms with Gasteiger partial charge in [0.2, 0.25) is 0 Å². The fourth-order valence-corrected chi connectivity index (χ4v) is 2.91. The molecule has 1 N–H and O–H groups in total. The molecule has 2 rings (SSSR count). The molecule has 0 aromatic carbocycles. The summed E-state index contributed by atoms with van der Waals surface area (Å²) in [7, 11) is 3.87. The first-order chi connectivity index (χ1) is 8.90. The topological polar surface area (TPSA) is 37.4 Å². The van der Waals surface area contributed by atoms with E-state index >= 15 is 0 Å². The van der Waals surface area contributed by atoms with E-state index in [0.29, 0.717) is 12.6 Å². The summed E-state index contributed by atoms with van der Waals surface area (Å²) < 4.78 is 5.27. The molecule has 1 saturated carbocycles. The van der Waals surface area contributed by atoms with Gasteiger partial charge >= 0.3 is 0 Å². The van der Waals surface area contributed by atoms with E-state index in [0.717, 1.165) is 17.4 Å². The van der Waals surface area contributed by atoms with Crippen LogP contribution in [-0.4, -0.2) is 30.7 Å². The number of methoxy groups -OCH3 is 1. The Kier molecular flexibility index (Phi) is 4.48. The van der Waals surface area contributed by atoms with Crippen LogP contribution >= 0.6 is 11.3 Å². The molecule has 0 amide bonds. The maximum Gasteiger partial charge on any atom is 0.185 e. The minimum Gasteiger partial charge on any atom is -0.378 e. The highest BCUT2D eigenvalue weighted by Gasteiger charge is 2.29. The van der Waals surface area contributed by atoms with Crippen molar-refractivity contribution in [3.8, 4) is 0 Å². The zero-order chi connectivity index (χ0) is 14.0. The van der Waals surface area contributed by atoms with Crippen molar-refractivity contribution >= 4 is 16.5 Å². The van der Waals surface area contributed by atoms with Gasteiger partial charge in [0.1, 0.15) is 0 Å². The largest absolute Gasteiger partial charge is 0.378 e. The summed E-state index contributed by atoms with van der Waals surface area (Å²) in [5.41, 5.74) is 1.20. The average Bonchev–Trinajstić information content (AvgIpc) is 3.08. The maximum atomic E-state index is 5.27. The molecule has 0 bridgehead atoms. The van der Waals surface area contributed by atoms with Gasteiger partial charge in [-0.2, -0.15) is 0 Å². The Morgan fingerprint density at radius 3 is 2.63 bits per heavy atom. The van der Waals surface area contributed by atoms with E-state index in [1.807, 2.05) is 0 Å². The van der Waals surface area contributed by atoms with Crippen LogP contribution < -0.4 is 10.2 Å². The van der Waals surface area contributed by atoms with Gasteiger partial charge in [0.25, 0.3) is 0 Å². The molecule has 1 heterocycles. The smallest absolute Gasteiger partial charge is 0.185 e. The number of nitrogens with zero attached hydrogens (tertiary/aromatic N) is 2. The van der Waals surface area contributed by atoms with Crippen molar-refractivity contribution in [2.24, 2.45) is 0 Å². The molecule has 0 unspecified atom stereocenters. The number of ether oxygens (including phenoxy) is 1. The highest BCUT2D eigenvalue weighted by atomic mass is 32.1. The lowest BCUT2D eigenvalue weighted by Crippen LogP contribution is -2.35. The Hall–Kier alpha value is -0.650. The molecule has 1 aromatic heterocycles. The second-order valence-electron chi connectivity index (χ2n) is 6.24. The molecule has 5 heteroatoms. The highest BCUT2D eigenvalue weighted by molar-refractivity contribution is 7.15. The van der Waals surface area contributed by atoms with Crippen molar-refractivity contribution in [1.82, 2.24) is 10.3 Å². The second kappa shape index (κ2) is 5.77. The number of rotatable bonds is 6.